The largest absolute Gasteiger partial charge is 0.409 e. The Kier molecular flexibility index (Phi) is 4.97. The zero-order valence-corrected chi connectivity index (χ0v) is 11.0. The smallest absolute Gasteiger partial charge is 0.253 e. The van der Waals surface area contributed by atoms with Crippen LogP contribution in [0.3, 0.4) is 0 Å². The molecule has 0 radical (unpaired) electrons. The average molecular weight is 270 g/mol. The second-order valence-corrected chi connectivity index (χ2v) is 4.27. The summed E-state index contributed by atoms with van der Waals surface area (Å²) < 4.78 is 0. The third kappa shape index (κ3) is 3.13. The summed E-state index contributed by atoms with van der Waals surface area (Å²) in [6, 6.07) is 4.68. The van der Waals surface area contributed by atoms with Crippen molar-refractivity contribution in [2.45, 2.75) is 26.3 Å². The van der Waals surface area contributed by atoms with E-state index in [9.17, 15) is 4.79 Å². The maximum Gasteiger partial charge on any atom is 0.253 e. The van der Waals surface area contributed by atoms with E-state index in [4.69, 9.17) is 22.5 Å². The third-order valence-corrected chi connectivity index (χ3v) is 3.12. The molecule has 0 aliphatic heterocycles. The van der Waals surface area contributed by atoms with Crippen LogP contribution in [-0.4, -0.2) is 23.0 Å². The Hall–Kier alpha value is -1.75. The van der Waals surface area contributed by atoms with Crippen molar-refractivity contribution in [3.63, 3.8) is 0 Å². The minimum Gasteiger partial charge on any atom is -0.409 e. The molecular weight excluding hydrogens is 254 g/mol. The molecule has 1 aromatic rings. The molecule has 98 valence electrons. The fourth-order valence-electron chi connectivity index (χ4n) is 1.51. The van der Waals surface area contributed by atoms with E-state index in [1.54, 1.807) is 12.1 Å². The Morgan fingerprint density at radius 2 is 2.28 bits per heavy atom. The summed E-state index contributed by atoms with van der Waals surface area (Å²) in [6.07, 6.45) is 0.519. The van der Waals surface area contributed by atoms with Gasteiger partial charge in [0, 0.05) is 0 Å². The molecule has 0 saturated heterocycles. The fraction of sp³-hybridized carbons (Fsp3) is 0.333. The highest BCUT2D eigenvalue weighted by Gasteiger charge is 2.18. The van der Waals surface area contributed by atoms with Crippen LogP contribution in [0.4, 0.5) is 0 Å². The molecule has 5 nitrogen and oxygen atoms in total. The lowest BCUT2D eigenvalue weighted by Crippen LogP contribution is -2.44. The van der Waals surface area contributed by atoms with Crippen molar-refractivity contribution in [3.05, 3.63) is 34.3 Å². The number of nitrogens with zero attached hydrogens (tertiary/aromatic N) is 1. The van der Waals surface area contributed by atoms with E-state index < -0.39 is 6.04 Å². The first-order valence-electron chi connectivity index (χ1n) is 5.54. The van der Waals surface area contributed by atoms with Crippen LogP contribution in [0.5, 0.6) is 0 Å². The SMILES string of the molecule is CCC(NC(=O)c1cccc(C)c1Cl)/C(N)=N/O. The van der Waals surface area contributed by atoms with Crippen LogP contribution in [0.1, 0.15) is 29.3 Å². The molecule has 1 aromatic carbocycles. The molecule has 0 bridgehead atoms. The molecule has 0 aliphatic rings. The molecule has 1 amide bonds. The van der Waals surface area contributed by atoms with Gasteiger partial charge in [0.1, 0.15) is 0 Å². The van der Waals surface area contributed by atoms with Gasteiger partial charge in [-0.3, -0.25) is 4.79 Å². The number of hydrogen-bond acceptors (Lipinski definition) is 3. The molecule has 1 unspecified atom stereocenters. The lowest BCUT2D eigenvalue weighted by molar-refractivity contribution is 0.0945. The molecule has 6 heteroatoms. The van der Waals surface area contributed by atoms with Crippen molar-refractivity contribution in [3.8, 4) is 0 Å². The van der Waals surface area contributed by atoms with Crippen LogP contribution in [0.15, 0.2) is 23.4 Å². The Morgan fingerprint density at radius 1 is 1.61 bits per heavy atom. The van der Waals surface area contributed by atoms with Crippen molar-refractivity contribution in [2.75, 3.05) is 0 Å². The maximum absolute atomic E-state index is 12.0. The minimum atomic E-state index is -0.515. The quantitative estimate of drug-likeness (QED) is 0.338. The predicted octanol–water partition coefficient (Wildman–Crippen LogP) is 1.90. The van der Waals surface area contributed by atoms with Gasteiger partial charge >= 0.3 is 0 Å². The number of nitrogens with two attached hydrogens (primary N) is 1. The Morgan fingerprint density at radius 3 is 2.83 bits per heavy atom. The summed E-state index contributed by atoms with van der Waals surface area (Å²) >= 11 is 6.06. The van der Waals surface area contributed by atoms with Crippen LogP contribution in [-0.2, 0) is 0 Å². The fourth-order valence-corrected chi connectivity index (χ4v) is 1.73. The van der Waals surface area contributed by atoms with Crippen LogP contribution in [0.25, 0.3) is 0 Å². The van der Waals surface area contributed by atoms with E-state index >= 15 is 0 Å². The number of halogens is 1. The van der Waals surface area contributed by atoms with Crippen molar-refractivity contribution in [1.82, 2.24) is 5.32 Å². The van der Waals surface area contributed by atoms with E-state index in [0.717, 1.165) is 5.56 Å². The molecule has 0 heterocycles. The standard InChI is InChI=1S/C12H16ClN3O2/c1-3-9(11(14)16-18)15-12(17)8-6-4-5-7(2)10(8)13/h4-6,9,18H,3H2,1-2H3,(H2,14,16)(H,15,17). The average Bonchev–Trinajstić information content (AvgIpc) is 2.37. The molecule has 18 heavy (non-hydrogen) atoms. The molecule has 0 spiro atoms. The molecule has 0 aromatic heterocycles. The monoisotopic (exact) mass is 269 g/mol. The Bertz CT molecular complexity index is 474. The number of rotatable bonds is 4. The lowest BCUT2D eigenvalue weighted by atomic mass is 10.1. The van der Waals surface area contributed by atoms with Crippen LogP contribution >= 0.6 is 11.6 Å². The first kappa shape index (κ1) is 14.3. The van der Waals surface area contributed by atoms with E-state index in [1.165, 1.54) is 0 Å². The van der Waals surface area contributed by atoms with Gasteiger partial charge in [0.25, 0.3) is 5.91 Å². The lowest BCUT2D eigenvalue weighted by Gasteiger charge is -2.16. The van der Waals surface area contributed by atoms with Gasteiger partial charge in [0.05, 0.1) is 16.6 Å². The van der Waals surface area contributed by atoms with E-state index in [2.05, 4.69) is 10.5 Å². The van der Waals surface area contributed by atoms with Crippen molar-refractivity contribution < 1.29 is 10.0 Å². The third-order valence-electron chi connectivity index (χ3n) is 2.62. The highest BCUT2D eigenvalue weighted by atomic mass is 35.5. The zero-order valence-electron chi connectivity index (χ0n) is 10.3. The van der Waals surface area contributed by atoms with Gasteiger partial charge in [-0.15, -0.1) is 0 Å². The van der Waals surface area contributed by atoms with Crippen LogP contribution < -0.4 is 11.1 Å². The first-order valence-corrected chi connectivity index (χ1v) is 5.92. The Balaban J connectivity index is 2.91. The number of carbonyl (C=O) groups excluding carboxylic acids is 1. The number of amidine groups is 1. The number of benzene rings is 1. The first-order chi connectivity index (χ1) is 8.51. The Labute approximate surface area is 111 Å². The second kappa shape index (κ2) is 6.26. The van der Waals surface area contributed by atoms with Crippen LogP contribution in [0, 0.1) is 6.92 Å². The highest BCUT2D eigenvalue weighted by Crippen LogP contribution is 2.20. The number of carbonyl (C=O) groups is 1. The molecule has 0 aliphatic carbocycles. The van der Waals surface area contributed by atoms with Gasteiger partial charge in [-0.05, 0) is 25.0 Å². The number of amides is 1. The van der Waals surface area contributed by atoms with Gasteiger partial charge in [-0.2, -0.15) is 0 Å². The second-order valence-electron chi connectivity index (χ2n) is 3.90. The summed E-state index contributed by atoms with van der Waals surface area (Å²) in [4.78, 5) is 12.0. The van der Waals surface area contributed by atoms with Gasteiger partial charge < -0.3 is 16.3 Å². The topological polar surface area (TPSA) is 87.7 Å². The molecule has 1 atom stereocenters. The van der Waals surface area contributed by atoms with E-state index in [1.807, 2.05) is 19.9 Å². The van der Waals surface area contributed by atoms with Crippen molar-refractivity contribution >= 4 is 23.3 Å². The number of hydrogen-bond donors (Lipinski definition) is 3. The van der Waals surface area contributed by atoms with E-state index in [-0.39, 0.29) is 11.7 Å². The summed E-state index contributed by atoms with van der Waals surface area (Å²) in [7, 11) is 0. The molecule has 4 N–H and O–H groups in total. The number of aryl methyl sites for hydroxylation is 1. The minimum absolute atomic E-state index is 0.0328. The predicted molar refractivity (Wildman–Crippen MR) is 71.1 cm³/mol. The summed E-state index contributed by atoms with van der Waals surface area (Å²) in [6.45, 7) is 3.64. The summed E-state index contributed by atoms with van der Waals surface area (Å²) in [5.41, 5.74) is 6.67. The van der Waals surface area contributed by atoms with Crippen molar-refractivity contribution in [2.24, 2.45) is 10.9 Å². The molecule has 0 saturated carbocycles. The highest BCUT2D eigenvalue weighted by molar-refractivity contribution is 6.34. The molecular formula is C12H16ClN3O2. The number of oxime groups is 1. The van der Waals surface area contributed by atoms with Gasteiger partial charge in [-0.1, -0.05) is 35.8 Å². The molecule has 0 fully saturated rings. The van der Waals surface area contributed by atoms with E-state index in [0.29, 0.717) is 17.0 Å². The van der Waals surface area contributed by atoms with Crippen LogP contribution in [0.2, 0.25) is 5.02 Å². The van der Waals surface area contributed by atoms with Crippen molar-refractivity contribution in [1.29, 1.82) is 0 Å². The summed E-state index contributed by atoms with van der Waals surface area (Å²) in [5.74, 6) is -0.378. The maximum atomic E-state index is 12.0. The van der Waals surface area contributed by atoms with Gasteiger partial charge in [-0.25, -0.2) is 0 Å². The summed E-state index contributed by atoms with van der Waals surface area (Å²) in [5, 5.41) is 14.6. The zero-order chi connectivity index (χ0) is 13.7. The normalized spacial score (nSPS) is 13.2. The van der Waals surface area contributed by atoms with Gasteiger partial charge in [0.15, 0.2) is 5.84 Å². The number of nitrogens with one attached hydrogen (secondary N) is 1. The van der Waals surface area contributed by atoms with Gasteiger partial charge in [0.2, 0.25) is 0 Å². The molecule has 1 rings (SSSR count).